The Morgan fingerprint density at radius 2 is 1.55 bits per heavy atom. The maximum absolute atomic E-state index is 13.1. The van der Waals surface area contributed by atoms with E-state index in [-0.39, 0.29) is 5.57 Å². The predicted molar refractivity (Wildman–Crippen MR) is 128 cm³/mol. The number of aromatic nitrogens is 1. The summed E-state index contributed by atoms with van der Waals surface area (Å²) < 4.78 is 3.18. The Hall–Kier alpha value is -2.91. The average molecular weight is 546 g/mol. The maximum atomic E-state index is 13.1. The molecule has 1 aliphatic heterocycles. The lowest BCUT2D eigenvalue weighted by Crippen LogP contribution is -2.54. The third-order valence-electron chi connectivity index (χ3n) is 5.04. The van der Waals surface area contributed by atoms with Crippen LogP contribution in [0.1, 0.15) is 17.0 Å². The summed E-state index contributed by atoms with van der Waals surface area (Å²) >= 11 is 8.15. The molecule has 3 aromatic rings. The van der Waals surface area contributed by atoms with Crippen molar-refractivity contribution >= 4 is 63.8 Å². The fourth-order valence-corrected chi connectivity index (χ4v) is 4.04. The number of benzene rings is 2. The number of imide groups is 2. The molecule has 0 aliphatic carbocycles. The highest BCUT2D eigenvalue weighted by atomic mass is 127. The number of nitrogens with zero attached hydrogens (tertiary/aromatic N) is 2. The van der Waals surface area contributed by atoms with Crippen LogP contribution < -0.4 is 10.2 Å². The van der Waals surface area contributed by atoms with Crippen LogP contribution in [0.3, 0.4) is 0 Å². The molecule has 2 aromatic carbocycles. The Labute approximate surface area is 197 Å². The molecule has 4 rings (SSSR count). The van der Waals surface area contributed by atoms with Gasteiger partial charge >= 0.3 is 6.03 Å². The van der Waals surface area contributed by atoms with Crippen molar-refractivity contribution in [2.24, 2.45) is 0 Å². The van der Waals surface area contributed by atoms with Gasteiger partial charge in [-0.25, -0.2) is 9.69 Å². The van der Waals surface area contributed by atoms with E-state index in [0.717, 1.165) is 31.1 Å². The summed E-state index contributed by atoms with van der Waals surface area (Å²) in [6, 6.07) is 15.4. The molecular weight excluding hydrogens is 529 g/mol. The van der Waals surface area contributed by atoms with Crippen LogP contribution in [-0.2, 0) is 9.59 Å². The number of amides is 4. The molecule has 1 aromatic heterocycles. The van der Waals surface area contributed by atoms with E-state index >= 15 is 0 Å². The molecular formula is C23H17ClIN3O3. The maximum Gasteiger partial charge on any atom is 0.335 e. The second-order valence-corrected chi connectivity index (χ2v) is 8.75. The molecule has 0 spiro atoms. The number of barbiturate groups is 1. The summed E-state index contributed by atoms with van der Waals surface area (Å²) in [7, 11) is 0. The standard InChI is InChI=1S/C23H17ClIN3O3/c1-13-11-15(14(2)27(13)18-9-5-17(25)6-10-18)12-20-21(29)26-23(31)28(22(20)30)19-7-3-16(24)4-8-19/h3-12H,1-2H3,(H,26,29,31)/b20-12-. The van der Waals surface area contributed by atoms with Gasteiger partial charge in [0.2, 0.25) is 0 Å². The van der Waals surface area contributed by atoms with Crippen LogP contribution in [0.25, 0.3) is 11.8 Å². The third-order valence-corrected chi connectivity index (χ3v) is 6.01. The Morgan fingerprint density at radius 3 is 2.19 bits per heavy atom. The van der Waals surface area contributed by atoms with Gasteiger partial charge in [-0.2, -0.15) is 0 Å². The van der Waals surface area contributed by atoms with E-state index < -0.39 is 17.8 Å². The van der Waals surface area contributed by atoms with Gasteiger partial charge in [-0.05, 0) is 103 Å². The van der Waals surface area contributed by atoms with Gasteiger partial charge in [-0.1, -0.05) is 11.6 Å². The molecule has 0 saturated carbocycles. The lowest BCUT2D eigenvalue weighted by molar-refractivity contribution is -0.122. The van der Waals surface area contributed by atoms with Crippen molar-refractivity contribution in [1.82, 2.24) is 9.88 Å². The van der Waals surface area contributed by atoms with Gasteiger partial charge in [-0.3, -0.25) is 14.9 Å². The highest BCUT2D eigenvalue weighted by Gasteiger charge is 2.37. The number of urea groups is 1. The summed E-state index contributed by atoms with van der Waals surface area (Å²) in [5.41, 5.74) is 3.76. The Morgan fingerprint density at radius 1 is 0.935 bits per heavy atom. The highest BCUT2D eigenvalue weighted by molar-refractivity contribution is 14.1. The second-order valence-electron chi connectivity index (χ2n) is 7.07. The topological polar surface area (TPSA) is 71.4 Å². The summed E-state index contributed by atoms with van der Waals surface area (Å²) in [4.78, 5) is 38.8. The quantitative estimate of drug-likeness (QED) is 0.286. The first-order valence-electron chi connectivity index (χ1n) is 9.38. The summed E-state index contributed by atoms with van der Waals surface area (Å²) in [5, 5.41) is 2.72. The van der Waals surface area contributed by atoms with Crippen molar-refractivity contribution in [3.8, 4) is 5.69 Å². The summed E-state index contributed by atoms with van der Waals surface area (Å²) in [5.74, 6) is -1.41. The van der Waals surface area contributed by atoms with E-state index in [1.165, 1.54) is 6.08 Å². The van der Waals surface area contributed by atoms with Gasteiger partial charge < -0.3 is 4.57 Å². The molecule has 156 valence electrons. The van der Waals surface area contributed by atoms with E-state index in [2.05, 4.69) is 32.5 Å². The first kappa shape index (κ1) is 21.3. The molecule has 6 nitrogen and oxygen atoms in total. The Balaban J connectivity index is 1.75. The monoisotopic (exact) mass is 545 g/mol. The highest BCUT2D eigenvalue weighted by Crippen LogP contribution is 2.27. The first-order valence-corrected chi connectivity index (χ1v) is 10.8. The summed E-state index contributed by atoms with van der Waals surface area (Å²) in [6.07, 6.45) is 1.53. The number of rotatable bonds is 3. The number of hydrogen-bond acceptors (Lipinski definition) is 3. The molecule has 0 radical (unpaired) electrons. The molecule has 4 amide bonds. The van der Waals surface area contributed by atoms with E-state index in [4.69, 9.17) is 11.6 Å². The van der Waals surface area contributed by atoms with Crippen LogP contribution in [0.15, 0.2) is 60.2 Å². The van der Waals surface area contributed by atoms with Gasteiger partial charge in [0.05, 0.1) is 5.69 Å². The van der Waals surface area contributed by atoms with E-state index in [9.17, 15) is 14.4 Å². The van der Waals surface area contributed by atoms with Gasteiger partial charge in [-0.15, -0.1) is 0 Å². The molecule has 0 atom stereocenters. The van der Waals surface area contributed by atoms with Crippen LogP contribution in [0, 0.1) is 17.4 Å². The van der Waals surface area contributed by atoms with Crippen LogP contribution in [0.5, 0.6) is 0 Å². The molecule has 0 bridgehead atoms. The smallest absolute Gasteiger partial charge is 0.318 e. The fourth-order valence-electron chi connectivity index (χ4n) is 3.56. The minimum absolute atomic E-state index is 0.114. The normalized spacial score (nSPS) is 15.5. The molecule has 1 saturated heterocycles. The van der Waals surface area contributed by atoms with E-state index in [1.54, 1.807) is 24.3 Å². The molecule has 1 fully saturated rings. The van der Waals surface area contributed by atoms with Gasteiger partial charge in [0.25, 0.3) is 11.8 Å². The molecule has 2 heterocycles. The number of carbonyl (C=O) groups is 3. The fraction of sp³-hybridized carbons (Fsp3) is 0.0870. The SMILES string of the molecule is Cc1cc(/C=C2/C(=O)NC(=O)N(c3ccc(Cl)cc3)C2=O)c(C)n1-c1ccc(I)cc1. The van der Waals surface area contributed by atoms with E-state index in [0.29, 0.717) is 10.7 Å². The minimum Gasteiger partial charge on any atom is -0.318 e. The largest absolute Gasteiger partial charge is 0.335 e. The number of halogens is 2. The van der Waals surface area contributed by atoms with Crippen molar-refractivity contribution in [3.63, 3.8) is 0 Å². The molecule has 0 unspecified atom stereocenters. The van der Waals surface area contributed by atoms with Crippen LogP contribution in [0.2, 0.25) is 5.02 Å². The molecule has 31 heavy (non-hydrogen) atoms. The number of nitrogens with one attached hydrogen (secondary N) is 1. The van der Waals surface area contributed by atoms with Crippen LogP contribution in [0.4, 0.5) is 10.5 Å². The third kappa shape index (κ3) is 4.03. The van der Waals surface area contributed by atoms with Gasteiger partial charge in [0, 0.05) is 25.7 Å². The van der Waals surface area contributed by atoms with E-state index in [1.807, 2.05) is 44.2 Å². The van der Waals surface area contributed by atoms with Gasteiger partial charge in [0.15, 0.2) is 0 Å². The lowest BCUT2D eigenvalue weighted by atomic mass is 10.1. The van der Waals surface area contributed by atoms with Crippen molar-refractivity contribution in [1.29, 1.82) is 0 Å². The Kier molecular flexibility index (Phi) is 5.72. The molecule has 1 N–H and O–H groups in total. The lowest BCUT2D eigenvalue weighted by Gasteiger charge is -2.26. The zero-order chi connectivity index (χ0) is 22.3. The van der Waals surface area contributed by atoms with Crippen molar-refractivity contribution in [2.75, 3.05) is 4.90 Å². The van der Waals surface area contributed by atoms with Crippen molar-refractivity contribution in [3.05, 3.63) is 85.7 Å². The number of carbonyl (C=O) groups excluding carboxylic acids is 3. The zero-order valence-electron chi connectivity index (χ0n) is 16.6. The van der Waals surface area contributed by atoms with Gasteiger partial charge in [0.1, 0.15) is 5.57 Å². The minimum atomic E-state index is -0.793. The molecule has 1 aliphatic rings. The zero-order valence-corrected chi connectivity index (χ0v) is 19.6. The molecule has 8 heteroatoms. The number of hydrogen-bond donors (Lipinski definition) is 1. The second kappa shape index (κ2) is 8.32. The van der Waals surface area contributed by atoms with Crippen molar-refractivity contribution < 1.29 is 14.4 Å². The number of anilines is 1. The number of aryl methyl sites for hydroxylation is 1. The summed E-state index contributed by atoms with van der Waals surface area (Å²) in [6.45, 7) is 3.88. The van der Waals surface area contributed by atoms with Crippen LogP contribution >= 0.6 is 34.2 Å². The van der Waals surface area contributed by atoms with Crippen LogP contribution in [-0.4, -0.2) is 22.4 Å². The average Bonchev–Trinajstić information content (AvgIpc) is 3.00. The first-order chi connectivity index (χ1) is 14.8. The Bertz CT molecular complexity index is 1240. The van der Waals surface area contributed by atoms with Crippen molar-refractivity contribution in [2.45, 2.75) is 13.8 Å². The predicted octanol–water partition coefficient (Wildman–Crippen LogP) is 5.02.